The summed E-state index contributed by atoms with van der Waals surface area (Å²) in [6, 6.07) is 54.3. The molecule has 0 spiro atoms. The Morgan fingerprint density at radius 2 is 0.917 bits per heavy atom. The average molecular weight is 611 g/mol. The van der Waals surface area contributed by atoms with Crippen molar-refractivity contribution in [1.82, 2.24) is 9.13 Å². The molecule has 7 aromatic carbocycles. The van der Waals surface area contributed by atoms with Crippen molar-refractivity contribution in [2.24, 2.45) is 0 Å². The van der Waals surface area contributed by atoms with Gasteiger partial charge in [0.15, 0.2) is 0 Å². The zero-order valence-electron chi connectivity index (χ0n) is 25.8. The molecular formula is C44H26N4. The van der Waals surface area contributed by atoms with E-state index in [0.29, 0.717) is 11.4 Å². The third-order valence-electron chi connectivity index (χ3n) is 9.37. The Balaban J connectivity index is 1.20. The van der Waals surface area contributed by atoms with E-state index in [9.17, 15) is 0 Å². The van der Waals surface area contributed by atoms with Crippen molar-refractivity contribution in [2.45, 2.75) is 0 Å². The molecular weight excluding hydrogens is 585 g/mol. The number of rotatable bonds is 4. The van der Waals surface area contributed by atoms with E-state index in [1.54, 1.807) is 0 Å². The number of hydrogen-bond acceptors (Lipinski definition) is 0. The summed E-state index contributed by atoms with van der Waals surface area (Å²) in [5.74, 6) is 0. The Hall–Kier alpha value is -6.88. The van der Waals surface area contributed by atoms with Crippen LogP contribution in [0.1, 0.15) is 0 Å². The van der Waals surface area contributed by atoms with Gasteiger partial charge in [-0.25, -0.2) is 9.69 Å². The second kappa shape index (κ2) is 10.9. The van der Waals surface area contributed by atoms with E-state index in [1.165, 1.54) is 21.8 Å². The molecule has 0 radical (unpaired) electrons. The van der Waals surface area contributed by atoms with E-state index in [0.717, 1.165) is 55.4 Å². The van der Waals surface area contributed by atoms with Crippen molar-refractivity contribution in [3.8, 4) is 33.6 Å². The minimum Gasteiger partial charge on any atom is -0.328 e. The van der Waals surface area contributed by atoms with Gasteiger partial charge in [0.2, 0.25) is 11.4 Å². The lowest BCUT2D eigenvalue weighted by Gasteiger charge is -2.17. The predicted octanol–water partition coefficient (Wildman–Crippen LogP) is 12.3. The van der Waals surface area contributed by atoms with Gasteiger partial charge in [0, 0.05) is 21.8 Å². The fourth-order valence-corrected chi connectivity index (χ4v) is 7.28. The van der Waals surface area contributed by atoms with E-state index in [1.807, 2.05) is 36.4 Å². The molecule has 0 N–H and O–H groups in total. The van der Waals surface area contributed by atoms with Crippen LogP contribution in [0.4, 0.5) is 11.4 Å². The number of nitrogens with zero attached hydrogens (tertiary/aromatic N) is 4. The van der Waals surface area contributed by atoms with Crippen LogP contribution < -0.4 is 0 Å². The van der Waals surface area contributed by atoms with Crippen LogP contribution in [-0.2, 0) is 0 Å². The molecule has 0 fully saturated rings. The minimum atomic E-state index is 0.538. The number of fused-ring (bicyclic) bond motifs is 6. The van der Waals surface area contributed by atoms with Crippen molar-refractivity contribution in [3.63, 3.8) is 0 Å². The number of benzene rings is 7. The quantitative estimate of drug-likeness (QED) is 0.177. The summed E-state index contributed by atoms with van der Waals surface area (Å²) in [6.45, 7) is 16.2. The first-order chi connectivity index (χ1) is 23.7. The van der Waals surface area contributed by atoms with Crippen LogP contribution in [0, 0.1) is 13.1 Å². The van der Waals surface area contributed by atoms with Crippen LogP contribution in [0.2, 0.25) is 0 Å². The van der Waals surface area contributed by atoms with Gasteiger partial charge < -0.3 is 9.13 Å². The van der Waals surface area contributed by atoms with Crippen LogP contribution >= 0.6 is 0 Å². The van der Waals surface area contributed by atoms with Gasteiger partial charge in [-0.1, -0.05) is 121 Å². The molecule has 9 rings (SSSR count). The minimum absolute atomic E-state index is 0.538. The summed E-state index contributed by atoms with van der Waals surface area (Å²) in [6.07, 6.45) is 0. The lowest BCUT2D eigenvalue weighted by atomic mass is 9.97. The number of aromatic nitrogens is 2. The second-order valence-corrected chi connectivity index (χ2v) is 11.9. The first-order valence-corrected chi connectivity index (χ1v) is 15.8. The lowest BCUT2D eigenvalue weighted by Crippen LogP contribution is -1.98. The first-order valence-electron chi connectivity index (χ1n) is 15.8. The summed E-state index contributed by atoms with van der Waals surface area (Å²) in [4.78, 5) is 7.89. The van der Waals surface area contributed by atoms with Crippen LogP contribution in [0.5, 0.6) is 0 Å². The normalized spacial score (nSPS) is 11.3. The molecule has 2 aromatic heterocycles. The topological polar surface area (TPSA) is 18.6 Å². The molecule has 4 nitrogen and oxygen atoms in total. The summed E-state index contributed by atoms with van der Waals surface area (Å²) < 4.78 is 4.45. The highest BCUT2D eigenvalue weighted by atomic mass is 15.0. The molecule has 222 valence electrons. The standard InChI is InChI=1S/C44H26N4/c1-45-38-19-10-17-33(43(38)48-42-23-8-5-16-36(42)37-18-11-20-39(46-2)44(37)48)31-13-9-12-30(28-31)29-24-26-32(27-25-29)47-40-21-6-3-14-34(40)35-15-4-7-22-41(35)47/h3-28H. The third kappa shape index (κ3) is 4.07. The first kappa shape index (κ1) is 27.4. The molecule has 0 aliphatic rings. The molecule has 0 saturated carbocycles. The molecule has 0 aliphatic heterocycles. The zero-order chi connectivity index (χ0) is 32.2. The maximum atomic E-state index is 8.17. The second-order valence-electron chi connectivity index (χ2n) is 11.9. The maximum absolute atomic E-state index is 8.17. The molecule has 48 heavy (non-hydrogen) atoms. The van der Waals surface area contributed by atoms with Gasteiger partial charge in [0.1, 0.15) is 0 Å². The summed E-state index contributed by atoms with van der Waals surface area (Å²) in [5.41, 5.74) is 11.3. The van der Waals surface area contributed by atoms with Crippen molar-refractivity contribution >= 4 is 55.0 Å². The molecule has 0 unspecified atom stereocenters. The molecule has 9 aromatic rings. The van der Waals surface area contributed by atoms with E-state index in [-0.39, 0.29) is 0 Å². The summed E-state index contributed by atoms with van der Waals surface area (Å²) in [7, 11) is 0. The predicted molar refractivity (Wildman–Crippen MR) is 199 cm³/mol. The maximum Gasteiger partial charge on any atom is 0.211 e. The molecule has 0 atom stereocenters. The average Bonchev–Trinajstić information content (AvgIpc) is 3.68. The van der Waals surface area contributed by atoms with Gasteiger partial charge in [-0.2, -0.15) is 0 Å². The van der Waals surface area contributed by atoms with E-state index >= 15 is 0 Å². The largest absolute Gasteiger partial charge is 0.328 e. The highest BCUT2D eigenvalue weighted by molar-refractivity contribution is 6.14. The van der Waals surface area contributed by atoms with Crippen molar-refractivity contribution in [3.05, 3.63) is 181 Å². The van der Waals surface area contributed by atoms with Gasteiger partial charge in [0.05, 0.1) is 40.9 Å². The Morgan fingerprint density at radius 1 is 0.396 bits per heavy atom. The highest BCUT2D eigenvalue weighted by Gasteiger charge is 2.21. The van der Waals surface area contributed by atoms with Crippen LogP contribution in [0.3, 0.4) is 0 Å². The Kier molecular flexibility index (Phi) is 6.22. The molecule has 0 aliphatic carbocycles. The van der Waals surface area contributed by atoms with Crippen molar-refractivity contribution < 1.29 is 0 Å². The fourth-order valence-electron chi connectivity index (χ4n) is 7.28. The van der Waals surface area contributed by atoms with Gasteiger partial charge in [0.25, 0.3) is 0 Å². The van der Waals surface area contributed by atoms with E-state index in [2.05, 4.69) is 140 Å². The molecule has 0 amide bonds. The highest BCUT2D eigenvalue weighted by Crippen LogP contribution is 2.44. The van der Waals surface area contributed by atoms with Crippen LogP contribution in [0.15, 0.2) is 158 Å². The molecule has 4 heteroatoms. The lowest BCUT2D eigenvalue weighted by molar-refractivity contribution is 1.18. The molecule has 0 bridgehead atoms. The van der Waals surface area contributed by atoms with Gasteiger partial charge in [-0.15, -0.1) is 0 Å². The van der Waals surface area contributed by atoms with E-state index in [4.69, 9.17) is 13.1 Å². The summed E-state index contributed by atoms with van der Waals surface area (Å²) in [5, 5.41) is 4.55. The van der Waals surface area contributed by atoms with Crippen molar-refractivity contribution in [1.29, 1.82) is 0 Å². The molecule has 0 saturated heterocycles. The Bertz CT molecular complexity index is 2750. The zero-order valence-corrected chi connectivity index (χ0v) is 25.8. The van der Waals surface area contributed by atoms with Crippen LogP contribution in [-0.4, -0.2) is 9.13 Å². The Morgan fingerprint density at radius 3 is 1.58 bits per heavy atom. The van der Waals surface area contributed by atoms with Gasteiger partial charge in [-0.3, -0.25) is 0 Å². The molecule has 2 heterocycles. The monoisotopic (exact) mass is 610 g/mol. The van der Waals surface area contributed by atoms with E-state index < -0.39 is 0 Å². The number of hydrogen-bond donors (Lipinski definition) is 0. The SMILES string of the molecule is [C-]#[N+]c1cccc(-c2cccc(-c3ccc(-n4c5ccccc5c5ccccc54)cc3)c2)c1-n1c2ccccc2c2cccc([N+]#[C-])c21. The number of para-hydroxylation sites is 5. The third-order valence-corrected chi connectivity index (χ3v) is 9.37. The summed E-state index contributed by atoms with van der Waals surface area (Å²) >= 11 is 0. The fraction of sp³-hybridized carbons (Fsp3) is 0. The van der Waals surface area contributed by atoms with Gasteiger partial charge in [-0.05, 0) is 64.0 Å². The Labute approximate surface area is 277 Å². The smallest absolute Gasteiger partial charge is 0.211 e. The van der Waals surface area contributed by atoms with Crippen LogP contribution in [0.25, 0.3) is 86.9 Å². The van der Waals surface area contributed by atoms with Crippen molar-refractivity contribution in [2.75, 3.05) is 0 Å². The van der Waals surface area contributed by atoms with Gasteiger partial charge >= 0.3 is 0 Å².